The SMILES string of the molecule is CC1CCN1c1ccc(CNC2CC2)cc1. The van der Waals surface area contributed by atoms with Crippen molar-refractivity contribution >= 4 is 5.69 Å². The van der Waals surface area contributed by atoms with Crippen LogP contribution in [-0.4, -0.2) is 18.6 Å². The maximum Gasteiger partial charge on any atom is 0.0368 e. The zero-order chi connectivity index (χ0) is 11.0. The van der Waals surface area contributed by atoms with Crippen LogP contribution in [0.1, 0.15) is 31.7 Å². The van der Waals surface area contributed by atoms with Crippen molar-refractivity contribution in [1.82, 2.24) is 5.32 Å². The molecular formula is C14H20N2. The molecule has 1 N–H and O–H groups in total. The van der Waals surface area contributed by atoms with E-state index in [0.29, 0.717) is 0 Å². The Balaban J connectivity index is 1.60. The van der Waals surface area contributed by atoms with Crippen LogP contribution in [0, 0.1) is 0 Å². The van der Waals surface area contributed by atoms with Gasteiger partial charge in [0.15, 0.2) is 0 Å². The molecule has 1 heterocycles. The molecule has 0 aromatic heterocycles. The summed E-state index contributed by atoms with van der Waals surface area (Å²) in [6.07, 6.45) is 4.07. The van der Waals surface area contributed by atoms with Crippen molar-refractivity contribution in [2.75, 3.05) is 11.4 Å². The van der Waals surface area contributed by atoms with Crippen LogP contribution in [0.3, 0.4) is 0 Å². The van der Waals surface area contributed by atoms with Gasteiger partial charge < -0.3 is 10.2 Å². The van der Waals surface area contributed by atoms with Gasteiger partial charge in [-0.2, -0.15) is 0 Å². The van der Waals surface area contributed by atoms with E-state index >= 15 is 0 Å². The number of anilines is 1. The highest BCUT2D eigenvalue weighted by Crippen LogP contribution is 2.26. The summed E-state index contributed by atoms with van der Waals surface area (Å²) in [7, 11) is 0. The molecule has 1 saturated heterocycles. The van der Waals surface area contributed by atoms with E-state index < -0.39 is 0 Å². The molecule has 0 radical (unpaired) electrons. The topological polar surface area (TPSA) is 15.3 Å². The Morgan fingerprint density at radius 3 is 2.44 bits per heavy atom. The smallest absolute Gasteiger partial charge is 0.0368 e. The van der Waals surface area contributed by atoms with Crippen LogP contribution < -0.4 is 10.2 Å². The highest BCUT2D eigenvalue weighted by Gasteiger charge is 2.23. The average molecular weight is 216 g/mol. The first-order chi connectivity index (χ1) is 7.83. The normalized spacial score (nSPS) is 24.3. The number of hydrogen-bond acceptors (Lipinski definition) is 2. The molecule has 86 valence electrons. The molecule has 0 spiro atoms. The summed E-state index contributed by atoms with van der Waals surface area (Å²) in [5, 5.41) is 3.54. The molecule has 2 nitrogen and oxygen atoms in total. The molecule has 3 rings (SSSR count). The highest BCUT2D eigenvalue weighted by atomic mass is 15.2. The molecular weight excluding hydrogens is 196 g/mol. The quantitative estimate of drug-likeness (QED) is 0.832. The van der Waals surface area contributed by atoms with Crippen molar-refractivity contribution < 1.29 is 0 Å². The van der Waals surface area contributed by atoms with Gasteiger partial charge in [-0.3, -0.25) is 0 Å². The largest absolute Gasteiger partial charge is 0.369 e. The molecule has 2 aliphatic rings. The van der Waals surface area contributed by atoms with Crippen molar-refractivity contribution in [1.29, 1.82) is 0 Å². The van der Waals surface area contributed by atoms with Gasteiger partial charge in [0.2, 0.25) is 0 Å². The number of benzene rings is 1. The zero-order valence-electron chi connectivity index (χ0n) is 9.95. The third kappa shape index (κ3) is 2.07. The van der Waals surface area contributed by atoms with Gasteiger partial charge in [0, 0.05) is 30.9 Å². The van der Waals surface area contributed by atoms with Gasteiger partial charge in [0.1, 0.15) is 0 Å². The van der Waals surface area contributed by atoms with E-state index in [1.165, 1.54) is 37.1 Å². The second-order valence-corrected chi connectivity index (χ2v) is 5.15. The minimum atomic E-state index is 0.732. The maximum atomic E-state index is 3.54. The van der Waals surface area contributed by atoms with Crippen LogP contribution in [0.5, 0.6) is 0 Å². The molecule has 1 aliphatic carbocycles. The zero-order valence-corrected chi connectivity index (χ0v) is 9.95. The summed E-state index contributed by atoms with van der Waals surface area (Å²) in [5.74, 6) is 0. The Kier molecular flexibility index (Phi) is 2.60. The first-order valence-corrected chi connectivity index (χ1v) is 6.42. The number of nitrogens with zero attached hydrogens (tertiary/aromatic N) is 1. The van der Waals surface area contributed by atoms with Gasteiger partial charge in [-0.1, -0.05) is 12.1 Å². The van der Waals surface area contributed by atoms with Crippen molar-refractivity contribution in [3.05, 3.63) is 29.8 Å². The van der Waals surface area contributed by atoms with Gasteiger partial charge in [-0.25, -0.2) is 0 Å². The van der Waals surface area contributed by atoms with Crippen molar-refractivity contribution in [2.45, 2.75) is 44.8 Å². The summed E-state index contributed by atoms with van der Waals surface area (Å²) < 4.78 is 0. The van der Waals surface area contributed by atoms with Crippen LogP contribution in [-0.2, 0) is 6.54 Å². The first kappa shape index (κ1) is 10.2. The number of rotatable bonds is 4. The lowest BCUT2D eigenvalue weighted by Gasteiger charge is -2.40. The van der Waals surface area contributed by atoms with Gasteiger partial charge in [0.05, 0.1) is 0 Å². The van der Waals surface area contributed by atoms with E-state index in [0.717, 1.165) is 18.6 Å². The lowest BCUT2D eigenvalue weighted by molar-refractivity contribution is 0.481. The van der Waals surface area contributed by atoms with E-state index in [1.54, 1.807) is 0 Å². The van der Waals surface area contributed by atoms with Gasteiger partial charge in [-0.05, 0) is 43.9 Å². The van der Waals surface area contributed by atoms with Crippen molar-refractivity contribution in [3.8, 4) is 0 Å². The van der Waals surface area contributed by atoms with Gasteiger partial charge >= 0.3 is 0 Å². The Morgan fingerprint density at radius 1 is 1.19 bits per heavy atom. The predicted octanol–water partition coefficient (Wildman–Crippen LogP) is 2.54. The molecule has 0 amide bonds. The van der Waals surface area contributed by atoms with E-state index in [9.17, 15) is 0 Å². The third-order valence-corrected chi connectivity index (χ3v) is 3.76. The molecule has 1 atom stereocenters. The van der Waals surface area contributed by atoms with E-state index in [2.05, 4.69) is 41.4 Å². The molecule has 1 unspecified atom stereocenters. The van der Waals surface area contributed by atoms with Gasteiger partial charge in [0.25, 0.3) is 0 Å². The Labute approximate surface area is 97.6 Å². The molecule has 2 heteroatoms. The Hall–Kier alpha value is -1.02. The van der Waals surface area contributed by atoms with Crippen LogP contribution in [0.25, 0.3) is 0 Å². The average Bonchev–Trinajstić information content (AvgIpc) is 3.10. The van der Waals surface area contributed by atoms with E-state index in [4.69, 9.17) is 0 Å². The lowest BCUT2D eigenvalue weighted by Crippen LogP contribution is -2.45. The van der Waals surface area contributed by atoms with Crippen LogP contribution >= 0.6 is 0 Å². The molecule has 2 fully saturated rings. The second-order valence-electron chi connectivity index (χ2n) is 5.15. The van der Waals surface area contributed by atoms with E-state index in [-0.39, 0.29) is 0 Å². The standard InChI is InChI=1S/C14H20N2/c1-11-8-9-16(11)14-6-2-12(3-7-14)10-15-13-4-5-13/h2-3,6-7,11,13,15H,4-5,8-10H2,1H3. The minimum absolute atomic E-state index is 0.732. The Bertz CT molecular complexity index is 354. The van der Waals surface area contributed by atoms with E-state index in [1.807, 2.05) is 0 Å². The van der Waals surface area contributed by atoms with Crippen molar-refractivity contribution in [3.63, 3.8) is 0 Å². The predicted molar refractivity (Wildman–Crippen MR) is 67.7 cm³/mol. The fourth-order valence-electron chi connectivity index (χ4n) is 2.25. The Morgan fingerprint density at radius 2 is 1.94 bits per heavy atom. The van der Waals surface area contributed by atoms with Gasteiger partial charge in [-0.15, -0.1) is 0 Å². The fourth-order valence-corrected chi connectivity index (χ4v) is 2.25. The number of nitrogens with one attached hydrogen (secondary N) is 1. The maximum absolute atomic E-state index is 3.54. The highest BCUT2D eigenvalue weighted by molar-refractivity contribution is 5.50. The van der Waals surface area contributed by atoms with Crippen molar-refractivity contribution in [2.24, 2.45) is 0 Å². The van der Waals surface area contributed by atoms with Crippen LogP contribution in [0.15, 0.2) is 24.3 Å². The minimum Gasteiger partial charge on any atom is -0.369 e. The summed E-state index contributed by atoms with van der Waals surface area (Å²) in [5.41, 5.74) is 2.79. The van der Waals surface area contributed by atoms with Crippen LogP contribution in [0.4, 0.5) is 5.69 Å². The fraction of sp³-hybridized carbons (Fsp3) is 0.571. The summed E-state index contributed by atoms with van der Waals surface area (Å²) in [6.45, 7) is 4.55. The molecule has 0 bridgehead atoms. The van der Waals surface area contributed by atoms with Crippen LogP contribution in [0.2, 0.25) is 0 Å². The third-order valence-electron chi connectivity index (χ3n) is 3.76. The summed E-state index contributed by atoms with van der Waals surface area (Å²) in [4.78, 5) is 2.47. The molecule has 16 heavy (non-hydrogen) atoms. The monoisotopic (exact) mass is 216 g/mol. The molecule has 1 saturated carbocycles. The second kappa shape index (κ2) is 4.10. The molecule has 1 aromatic rings. The molecule has 1 aliphatic heterocycles. The lowest BCUT2D eigenvalue weighted by atomic mass is 10.0. The summed E-state index contributed by atoms with van der Waals surface area (Å²) in [6, 6.07) is 10.6. The first-order valence-electron chi connectivity index (χ1n) is 6.42. The number of hydrogen-bond donors (Lipinski definition) is 1. The summed E-state index contributed by atoms with van der Waals surface area (Å²) >= 11 is 0. The molecule has 1 aromatic carbocycles.